The Kier molecular flexibility index (Phi) is 3.06. The van der Waals surface area contributed by atoms with Crippen molar-refractivity contribution in [2.24, 2.45) is 0 Å². The van der Waals surface area contributed by atoms with Crippen molar-refractivity contribution in [3.63, 3.8) is 0 Å². The van der Waals surface area contributed by atoms with E-state index in [1.54, 1.807) is 0 Å². The molecular formula is C14H20N4O. The number of aromatic nitrogens is 1. The number of hydrogen-bond donors (Lipinski definition) is 2. The van der Waals surface area contributed by atoms with Gasteiger partial charge in [-0.1, -0.05) is 6.42 Å². The summed E-state index contributed by atoms with van der Waals surface area (Å²) in [6.45, 7) is 4.45. The van der Waals surface area contributed by atoms with E-state index in [2.05, 4.69) is 29.3 Å². The first kappa shape index (κ1) is 12.3. The first-order valence-electron chi connectivity index (χ1n) is 6.84. The van der Waals surface area contributed by atoms with E-state index in [-0.39, 0.29) is 0 Å². The van der Waals surface area contributed by atoms with Gasteiger partial charge >= 0.3 is 6.01 Å². The van der Waals surface area contributed by atoms with Crippen molar-refractivity contribution in [1.29, 1.82) is 0 Å². The van der Waals surface area contributed by atoms with Gasteiger partial charge in [-0.2, -0.15) is 4.98 Å². The molecule has 0 saturated carbocycles. The number of nitrogens with one attached hydrogen (secondary N) is 1. The van der Waals surface area contributed by atoms with Crippen molar-refractivity contribution in [3.8, 4) is 0 Å². The van der Waals surface area contributed by atoms with Crippen molar-refractivity contribution < 1.29 is 4.42 Å². The molecule has 1 saturated heterocycles. The van der Waals surface area contributed by atoms with Gasteiger partial charge in [-0.05, 0) is 44.9 Å². The summed E-state index contributed by atoms with van der Waals surface area (Å²) >= 11 is 0. The molecule has 1 aliphatic rings. The highest BCUT2D eigenvalue weighted by Gasteiger charge is 2.25. The lowest BCUT2D eigenvalue weighted by atomic mass is 10.00. The number of piperidine rings is 1. The van der Waals surface area contributed by atoms with Gasteiger partial charge in [0.05, 0.1) is 0 Å². The van der Waals surface area contributed by atoms with E-state index in [4.69, 9.17) is 10.2 Å². The number of benzene rings is 1. The van der Waals surface area contributed by atoms with Gasteiger partial charge in [0.15, 0.2) is 5.58 Å². The molecule has 0 spiro atoms. The van der Waals surface area contributed by atoms with Crippen LogP contribution in [0.2, 0.25) is 0 Å². The zero-order valence-corrected chi connectivity index (χ0v) is 11.4. The lowest BCUT2D eigenvalue weighted by Crippen LogP contribution is -2.47. The topological polar surface area (TPSA) is 67.3 Å². The van der Waals surface area contributed by atoms with Crippen LogP contribution in [0.4, 0.5) is 11.7 Å². The Morgan fingerprint density at radius 2 is 2.05 bits per heavy atom. The number of nitrogen functional groups attached to an aromatic ring is 1. The van der Waals surface area contributed by atoms with Crippen LogP contribution >= 0.6 is 0 Å². The summed E-state index contributed by atoms with van der Waals surface area (Å²) in [4.78, 5) is 4.44. The first-order chi connectivity index (χ1) is 9.13. The number of oxazole rings is 1. The average Bonchev–Trinajstić information content (AvgIpc) is 2.75. The second kappa shape index (κ2) is 4.74. The summed E-state index contributed by atoms with van der Waals surface area (Å²) in [5.41, 5.74) is 11.3. The molecule has 0 amide bonds. The van der Waals surface area contributed by atoms with Crippen molar-refractivity contribution in [3.05, 3.63) is 18.2 Å². The van der Waals surface area contributed by atoms with Crippen LogP contribution < -0.4 is 11.2 Å². The minimum Gasteiger partial charge on any atom is -0.423 e. The van der Waals surface area contributed by atoms with E-state index >= 15 is 0 Å². The Bertz CT molecular complexity index is 570. The molecule has 0 radical (unpaired) electrons. The van der Waals surface area contributed by atoms with Crippen LogP contribution in [0.1, 0.15) is 33.1 Å². The predicted octanol–water partition coefficient (Wildman–Crippen LogP) is 3.00. The number of rotatable bonds is 2. The fourth-order valence-electron chi connectivity index (χ4n) is 2.74. The Balaban J connectivity index is 1.84. The van der Waals surface area contributed by atoms with Gasteiger partial charge in [0.25, 0.3) is 0 Å². The number of hydrogen-bond acceptors (Lipinski definition) is 5. The summed E-state index contributed by atoms with van der Waals surface area (Å²) in [6.07, 6.45) is 3.68. The maximum atomic E-state index is 5.75. The summed E-state index contributed by atoms with van der Waals surface area (Å²) < 4.78 is 5.70. The van der Waals surface area contributed by atoms with Crippen LogP contribution in [0, 0.1) is 0 Å². The van der Waals surface area contributed by atoms with Gasteiger partial charge in [0.2, 0.25) is 0 Å². The highest BCUT2D eigenvalue weighted by atomic mass is 16.4. The smallest absolute Gasteiger partial charge is 0.310 e. The van der Waals surface area contributed by atoms with Gasteiger partial charge in [0, 0.05) is 17.8 Å². The van der Waals surface area contributed by atoms with Crippen LogP contribution in [0.25, 0.3) is 11.1 Å². The predicted molar refractivity (Wildman–Crippen MR) is 76.7 cm³/mol. The van der Waals surface area contributed by atoms with E-state index in [1.807, 2.05) is 18.2 Å². The fourth-order valence-corrected chi connectivity index (χ4v) is 2.74. The molecule has 2 unspecified atom stereocenters. The molecule has 2 atom stereocenters. The van der Waals surface area contributed by atoms with E-state index < -0.39 is 0 Å². The van der Waals surface area contributed by atoms with Crippen LogP contribution in [0.3, 0.4) is 0 Å². The number of nitrogens with zero attached hydrogens (tertiary/aromatic N) is 2. The maximum Gasteiger partial charge on any atom is 0.310 e. The van der Waals surface area contributed by atoms with Gasteiger partial charge in [0.1, 0.15) is 5.52 Å². The number of nitrogens with two attached hydrogens (primary N) is 1. The number of hydrazine groups is 1. The van der Waals surface area contributed by atoms with E-state index in [0.717, 1.165) is 11.1 Å². The summed E-state index contributed by atoms with van der Waals surface area (Å²) in [5.74, 6) is 0. The Morgan fingerprint density at radius 3 is 2.79 bits per heavy atom. The third kappa shape index (κ3) is 2.38. The molecule has 2 aromatic rings. The molecule has 0 bridgehead atoms. The molecule has 3 N–H and O–H groups in total. The van der Waals surface area contributed by atoms with Crippen molar-refractivity contribution in [2.75, 3.05) is 11.2 Å². The second-order valence-electron chi connectivity index (χ2n) is 5.39. The van der Waals surface area contributed by atoms with Crippen LogP contribution in [-0.2, 0) is 0 Å². The molecular weight excluding hydrogens is 240 g/mol. The normalized spacial score (nSPS) is 24.7. The molecule has 1 aliphatic heterocycles. The molecule has 5 heteroatoms. The lowest BCUT2D eigenvalue weighted by molar-refractivity contribution is 0.131. The fraction of sp³-hybridized carbons (Fsp3) is 0.500. The molecule has 1 aromatic carbocycles. The third-order valence-corrected chi connectivity index (χ3v) is 3.83. The van der Waals surface area contributed by atoms with Crippen LogP contribution in [0.5, 0.6) is 0 Å². The van der Waals surface area contributed by atoms with Gasteiger partial charge in [-0.15, -0.1) is 0 Å². The summed E-state index contributed by atoms with van der Waals surface area (Å²) in [7, 11) is 0. The zero-order chi connectivity index (χ0) is 13.4. The first-order valence-corrected chi connectivity index (χ1v) is 6.84. The zero-order valence-electron chi connectivity index (χ0n) is 11.4. The van der Waals surface area contributed by atoms with E-state index in [9.17, 15) is 0 Å². The largest absolute Gasteiger partial charge is 0.423 e. The van der Waals surface area contributed by atoms with Crippen molar-refractivity contribution in [2.45, 2.75) is 45.2 Å². The minimum atomic E-state index is 0.490. The molecule has 3 rings (SSSR count). The SMILES string of the molecule is CC1CCCC(C)N1Nc1nc2cc(N)ccc2o1. The molecule has 2 heterocycles. The maximum absolute atomic E-state index is 5.75. The summed E-state index contributed by atoms with van der Waals surface area (Å²) in [6, 6.07) is 7.02. The van der Waals surface area contributed by atoms with Gasteiger partial charge in [-0.3, -0.25) is 5.43 Å². The van der Waals surface area contributed by atoms with E-state index in [0.29, 0.717) is 23.8 Å². The average molecular weight is 260 g/mol. The number of anilines is 2. The van der Waals surface area contributed by atoms with Crippen molar-refractivity contribution >= 4 is 22.8 Å². The number of fused-ring (bicyclic) bond motifs is 1. The van der Waals surface area contributed by atoms with Crippen LogP contribution in [0.15, 0.2) is 22.6 Å². The minimum absolute atomic E-state index is 0.490. The molecule has 5 nitrogen and oxygen atoms in total. The molecule has 1 fully saturated rings. The van der Waals surface area contributed by atoms with E-state index in [1.165, 1.54) is 19.3 Å². The standard InChI is InChI=1S/C14H20N4O/c1-9-4-3-5-10(2)18(9)17-14-16-12-8-11(15)6-7-13(12)19-14/h6-10H,3-5,15H2,1-2H3,(H,16,17). The van der Waals surface area contributed by atoms with Gasteiger partial charge in [-0.25, -0.2) is 5.01 Å². The lowest BCUT2D eigenvalue weighted by Gasteiger charge is -2.38. The highest BCUT2D eigenvalue weighted by Crippen LogP contribution is 2.25. The third-order valence-electron chi connectivity index (χ3n) is 3.83. The molecule has 0 aliphatic carbocycles. The quantitative estimate of drug-likeness (QED) is 0.812. The second-order valence-corrected chi connectivity index (χ2v) is 5.39. The summed E-state index contributed by atoms with van der Waals surface area (Å²) in [5, 5.41) is 2.23. The molecule has 19 heavy (non-hydrogen) atoms. The molecule has 102 valence electrons. The highest BCUT2D eigenvalue weighted by molar-refractivity contribution is 5.78. The Hall–Kier alpha value is -1.75. The van der Waals surface area contributed by atoms with Crippen molar-refractivity contribution in [1.82, 2.24) is 9.99 Å². The Morgan fingerprint density at radius 1 is 1.32 bits per heavy atom. The molecule has 1 aromatic heterocycles. The van der Waals surface area contributed by atoms with Crippen LogP contribution in [-0.4, -0.2) is 22.1 Å². The van der Waals surface area contributed by atoms with Gasteiger partial charge < -0.3 is 10.2 Å². The monoisotopic (exact) mass is 260 g/mol. The Labute approximate surface area is 112 Å².